The van der Waals surface area contributed by atoms with Crippen molar-refractivity contribution in [1.82, 2.24) is 5.32 Å². The highest BCUT2D eigenvalue weighted by molar-refractivity contribution is 9.10. The molecular weight excluding hydrogens is 266 g/mol. The Labute approximate surface area is 106 Å². The Bertz CT molecular complexity index is 297. The van der Waals surface area contributed by atoms with Gasteiger partial charge in [0, 0.05) is 11.0 Å². The van der Waals surface area contributed by atoms with Gasteiger partial charge in [-0.25, -0.2) is 0 Å². The average molecular weight is 286 g/mol. The van der Waals surface area contributed by atoms with E-state index in [1.54, 1.807) is 0 Å². The molecule has 0 spiro atoms. The van der Waals surface area contributed by atoms with E-state index in [0.717, 1.165) is 24.0 Å². The summed E-state index contributed by atoms with van der Waals surface area (Å²) in [4.78, 5) is 0. The van der Waals surface area contributed by atoms with Gasteiger partial charge in [0.1, 0.15) is 0 Å². The molecule has 0 radical (unpaired) electrons. The number of halogens is 1. The minimum Gasteiger partial charge on any atom is -0.393 e. The highest BCUT2D eigenvalue weighted by Crippen LogP contribution is 2.10. The zero-order valence-electron chi connectivity index (χ0n) is 9.91. The molecule has 1 rings (SSSR count). The van der Waals surface area contributed by atoms with E-state index in [2.05, 4.69) is 52.4 Å². The van der Waals surface area contributed by atoms with Crippen LogP contribution in [0, 0.1) is 5.92 Å². The van der Waals surface area contributed by atoms with Crippen LogP contribution in [0.4, 0.5) is 0 Å². The van der Waals surface area contributed by atoms with Crippen LogP contribution in [0.15, 0.2) is 28.7 Å². The molecule has 0 aliphatic carbocycles. The number of hydrogen-bond acceptors (Lipinski definition) is 2. The normalized spacial score (nSPS) is 14.8. The van der Waals surface area contributed by atoms with Gasteiger partial charge in [0.05, 0.1) is 6.10 Å². The molecule has 3 heteroatoms. The number of aliphatic hydroxyl groups is 1. The fraction of sp³-hybridized carbons (Fsp3) is 0.538. The summed E-state index contributed by atoms with van der Waals surface area (Å²) in [6.45, 7) is 5.82. The summed E-state index contributed by atoms with van der Waals surface area (Å²) >= 11 is 3.42. The van der Waals surface area contributed by atoms with E-state index in [-0.39, 0.29) is 6.10 Å². The molecule has 2 atom stereocenters. The van der Waals surface area contributed by atoms with E-state index in [1.165, 1.54) is 5.56 Å². The Hall–Kier alpha value is -0.380. The summed E-state index contributed by atoms with van der Waals surface area (Å²) in [5.74, 6) is 0.510. The minimum absolute atomic E-state index is 0.204. The largest absolute Gasteiger partial charge is 0.393 e. The molecular formula is C13H20BrNO. The number of nitrogens with one attached hydrogen (secondary N) is 1. The SMILES string of the molecule is CC(O)CC(C)CNCc1ccc(Br)cc1. The lowest BCUT2D eigenvalue weighted by atomic mass is 10.0. The van der Waals surface area contributed by atoms with Crippen LogP contribution in [-0.4, -0.2) is 17.8 Å². The number of hydrogen-bond donors (Lipinski definition) is 2. The quantitative estimate of drug-likeness (QED) is 0.842. The maximum absolute atomic E-state index is 9.24. The van der Waals surface area contributed by atoms with Crippen LogP contribution < -0.4 is 5.32 Å². The van der Waals surface area contributed by atoms with Gasteiger partial charge in [-0.3, -0.25) is 0 Å². The van der Waals surface area contributed by atoms with Crippen molar-refractivity contribution < 1.29 is 5.11 Å². The second kappa shape index (κ2) is 7.05. The van der Waals surface area contributed by atoms with Gasteiger partial charge in [-0.05, 0) is 43.5 Å². The molecule has 1 aromatic rings. The summed E-state index contributed by atoms with van der Waals surface area (Å²) in [5, 5.41) is 12.6. The third-order valence-electron chi connectivity index (χ3n) is 2.48. The first-order valence-corrected chi connectivity index (χ1v) is 6.50. The molecule has 2 unspecified atom stereocenters. The monoisotopic (exact) mass is 285 g/mol. The lowest BCUT2D eigenvalue weighted by molar-refractivity contribution is 0.163. The molecule has 0 saturated carbocycles. The highest BCUT2D eigenvalue weighted by Gasteiger charge is 2.05. The van der Waals surface area contributed by atoms with Gasteiger partial charge in [-0.15, -0.1) is 0 Å². The van der Waals surface area contributed by atoms with Crippen molar-refractivity contribution >= 4 is 15.9 Å². The summed E-state index contributed by atoms with van der Waals surface area (Å²) in [7, 11) is 0. The minimum atomic E-state index is -0.204. The molecule has 0 amide bonds. The van der Waals surface area contributed by atoms with Gasteiger partial charge in [-0.2, -0.15) is 0 Å². The predicted molar refractivity (Wildman–Crippen MR) is 71.3 cm³/mol. The van der Waals surface area contributed by atoms with E-state index < -0.39 is 0 Å². The molecule has 0 aliphatic heterocycles. The molecule has 0 fully saturated rings. The van der Waals surface area contributed by atoms with Crippen LogP contribution >= 0.6 is 15.9 Å². The fourth-order valence-corrected chi connectivity index (χ4v) is 2.00. The average Bonchev–Trinajstić information content (AvgIpc) is 2.20. The second-order valence-corrected chi connectivity index (χ2v) is 5.36. The molecule has 0 saturated heterocycles. The Morgan fingerprint density at radius 2 is 1.88 bits per heavy atom. The predicted octanol–water partition coefficient (Wildman–Crippen LogP) is 2.95. The van der Waals surface area contributed by atoms with Gasteiger partial charge in [0.2, 0.25) is 0 Å². The zero-order chi connectivity index (χ0) is 12.0. The van der Waals surface area contributed by atoms with Crippen molar-refractivity contribution in [2.24, 2.45) is 5.92 Å². The van der Waals surface area contributed by atoms with Crippen molar-refractivity contribution in [2.75, 3.05) is 6.54 Å². The molecule has 0 bridgehead atoms. The first-order valence-electron chi connectivity index (χ1n) is 5.71. The van der Waals surface area contributed by atoms with Gasteiger partial charge < -0.3 is 10.4 Å². The fourth-order valence-electron chi connectivity index (χ4n) is 1.73. The topological polar surface area (TPSA) is 32.3 Å². The van der Waals surface area contributed by atoms with Crippen molar-refractivity contribution in [1.29, 1.82) is 0 Å². The Morgan fingerprint density at radius 1 is 1.25 bits per heavy atom. The highest BCUT2D eigenvalue weighted by atomic mass is 79.9. The van der Waals surface area contributed by atoms with Gasteiger partial charge in [-0.1, -0.05) is 35.0 Å². The molecule has 0 aliphatic rings. The zero-order valence-corrected chi connectivity index (χ0v) is 11.5. The molecule has 16 heavy (non-hydrogen) atoms. The second-order valence-electron chi connectivity index (χ2n) is 4.45. The van der Waals surface area contributed by atoms with Crippen molar-refractivity contribution in [3.8, 4) is 0 Å². The Morgan fingerprint density at radius 3 is 2.44 bits per heavy atom. The first-order chi connectivity index (χ1) is 7.58. The van der Waals surface area contributed by atoms with Crippen molar-refractivity contribution in [3.05, 3.63) is 34.3 Å². The van der Waals surface area contributed by atoms with E-state index in [1.807, 2.05) is 6.92 Å². The van der Waals surface area contributed by atoms with E-state index in [4.69, 9.17) is 0 Å². The lowest BCUT2D eigenvalue weighted by Crippen LogP contribution is -2.23. The molecule has 2 N–H and O–H groups in total. The van der Waals surface area contributed by atoms with Gasteiger partial charge in [0.25, 0.3) is 0 Å². The van der Waals surface area contributed by atoms with Gasteiger partial charge >= 0.3 is 0 Å². The lowest BCUT2D eigenvalue weighted by Gasteiger charge is -2.14. The van der Waals surface area contributed by atoms with Crippen molar-refractivity contribution in [3.63, 3.8) is 0 Å². The first kappa shape index (κ1) is 13.7. The molecule has 2 nitrogen and oxygen atoms in total. The van der Waals surface area contributed by atoms with Crippen LogP contribution in [0.3, 0.4) is 0 Å². The van der Waals surface area contributed by atoms with Crippen LogP contribution in [0.2, 0.25) is 0 Å². The third kappa shape index (κ3) is 5.64. The standard InChI is InChI=1S/C13H20BrNO/c1-10(7-11(2)16)8-15-9-12-3-5-13(14)6-4-12/h3-6,10-11,15-16H,7-9H2,1-2H3. The van der Waals surface area contributed by atoms with Gasteiger partial charge in [0.15, 0.2) is 0 Å². The number of benzene rings is 1. The van der Waals surface area contributed by atoms with E-state index in [0.29, 0.717) is 5.92 Å². The summed E-state index contributed by atoms with van der Waals surface area (Å²) in [6.07, 6.45) is 0.650. The number of rotatable bonds is 6. The molecule has 0 aromatic heterocycles. The molecule has 0 heterocycles. The smallest absolute Gasteiger partial charge is 0.0515 e. The van der Waals surface area contributed by atoms with Crippen LogP contribution in [-0.2, 0) is 6.54 Å². The van der Waals surface area contributed by atoms with Crippen LogP contribution in [0.1, 0.15) is 25.8 Å². The van der Waals surface area contributed by atoms with E-state index >= 15 is 0 Å². The molecule has 1 aromatic carbocycles. The summed E-state index contributed by atoms with van der Waals surface area (Å²) in [6, 6.07) is 8.32. The molecule has 90 valence electrons. The third-order valence-corrected chi connectivity index (χ3v) is 3.01. The van der Waals surface area contributed by atoms with E-state index in [9.17, 15) is 5.11 Å². The summed E-state index contributed by atoms with van der Waals surface area (Å²) < 4.78 is 1.11. The Kier molecular flexibility index (Phi) is 6.03. The number of aliphatic hydroxyl groups excluding tert-OH is 1. The maximum Gasteiger partial charge on any atom is 0.0515 e. The Balaban J connectivity index is 2.22. The van der Waals surface area contributed by atoms with Crippen LogP contribution in [0.5, 0.6) is 0 Å². The summed E-state index contributed by atoms with van der Waals surface area (Å²) in [5.41, 5.74) is 1.28. The van der Waals surface area contributed by atoms with Crippen molar-refractivity contribution in [2.45, 2.75) is 32.9 Å². The maximum atomic E-state index is 9.24. The van der Waals surface area contributed by atoms with Crippen LogP contribution in [0.25, 0.3) is 0 Å².